The molecule has 0 spiro atoms. The van der Waals surface area contributed by atoms with Gasteiger partial charge in [0.25, 0.3) is 0 Å². The van der Waals surface area contributed by atoms with Crippen LogP contribution in [-0.4, -0.2) is 19.2 Å². The highest BCUT2D eigenvalue weighted by Gasteiger charge is 2.18. The van der Waals surface area contributed by atoms with E-state index in [9.17, 15) is 0 Å². The maximum Gasteiger partial charge on any atom is 0.161 e. The molecule has 0 atom stereocenters. The predicted octanol–water partition coefficient (Wildman–Crippen LogP) is 6.44. The zero-order chi connectivity index (χ0) is 19.7. The number of fused-ring (bicyclic) bond motifs is 1. The lowest BCUT2D eigenvalue weighted by Gasteiger charge is -2.12. The molecular formula is C25H24NO2. The zero-order valence-electron chi connectivity index (χ0n) is 16.7. The SMILES string of the molecule is COc1ccc(-c2[nH]c3ccc(-c4c[c]ccc4)cc3c2C(C)C)cc1OC. The van der Waals surface area contributed by atoms with Gasteiger partial charge in [0.2, 0.25) is 0 Å². The molecule has 1 aromatic heterocycles. The third kappa shape index (κ3) is 3.13. The van der Waals surface area contributed by atoms with Crippen molar-refractivity contribution in [2.75, 3.05) is 14.2 Å². The first-order valence-corrected chi connectivity index (χ1v) is 9.47. The Morgan fingerprint density at radius 3 is 2.32 bits per heavy atom. The molecule has 1 radical (unpaired) electrons. The highest BCUT2D eigenvalue weighted by atomic mass is 16.5. The van der Waals surface area contributed by atoms with Gasteiger partial charge in [-0.05, 0) is 65.1 Å². The van der Waals surface area contributed by atoms with Crippen molar-refractivity contribution in [3.05, 3.63) is 72.3 Å². The van der Waals surface area contributed by atoms with Crippen LogP contribution in [0.15, 0.2) is 60.7 Å². The number of aromatic nitrogens is 1. The Kier molecular flexibility index (Phi) is 4.82. The summed E-state index contributed by atoms with van der Waals surface area (Å²) in [5.41, 5.74) is 7.04. The Balaban J connectivity index is 1.91. The maximum absolute atomic E-state index is 5.51. The molecule has 3 heteroatoms. The summed E-state index contributed by atoms with van der Waals surface area (Å²) in [7, 11) is 3.32. The van der Waals surface area contributed by atoms with Crippen LogP contribution < -0.4 is 9.47 Å². The Bertz CT molecular complexity index is 1110. The molecule has 0 aliphatic carbocycles. The smallest absolute Gasteiger partial charge is 0.161 e. The summed E-state index contributed by atoms with van der Waals surface area (Å²) in [6, 6.07) is 23.9. The molecule has 4 aromatic rings. The fourth-order valence-corrected chi connectivity index (χ4v) is 3.78. The average molecular weight is 370 g/mol. The minimum Gasteiger partial charge on any atom is -0.493 e. The molecule has 1 N–H and O–H groups in total. The lowest BCUT2D eigenvalue weighted by atomic mass is 9.94. The summed E-state index contributed by atoms with van der Waals surface area (Å²) in [5, 5.41) is 1.25. The van der Waals surface area contributed by atoms with Crippen LogP contribution in [0.1, 0.15) is 25.3 Å². The Morgan fingerprint density at radius 2 is 1.64 bits per heavy atom. The second kappa shape index (κ2) is 7.43. The maximum atomic E-state index is 5.51. The number of benzene rings is 3. The van der Waals surface area contributed by atoms with Crippen LogP contribution in [-0.2, 0) is 0 Å². The molecule has 0 saturated carbocycles. The van der Waals surface area contributed by atoms with E-state index < -0.39 is 0 Å². The van der Waals surface area contributed by atoms with Crippen molar-refractivity contribution in [2.45, 2.75) is 19.8 Å². The minimum absolute atomic E-state index is 0.370. The van der Waals surface area contributed by atoms with E-state index in [1.807, 2.05) is 30.3 Å². The summed E-state index contributed by atoms with van der Waals surface area (Å²) in [4.78, 5) is 3.63. The van der Waals surface area contributed by atoms with Crippen molar-refractivity contribution in [3.63, 3.8) is 0 Å². The third-order valence-corrected chi connectivity index (χ3v) is 5.13. The number of hydrogen-bond acceptors (Lipinski definition) is 2. The molecule has 0 amide bonds. The quantitative estimate of drug-likeness (QED) is 0.438. The van der Waals surface area contributed by atoms with Crippen LogP contribution in [0.5, 0.6) is 11.5 Å². The molecule has 3 aromatic carbocycles. The van der Waals surface area contributed by atoms with E-state index in [0.29, 0.717) is 5.92 Å². The standard InChI is InChI=1S/C25H24NO2/c1-16(2)24-20-14-18(17-8-6-5-7-9-17)10-12-21(20)26-25(24)19-11-13-22(27-3)23(15-19)28-4/h5-6,8-16,26H,1-4H3. The first-order chi connectivity index (χ1) is 13.6. The highest BCUT2D eigenvalue weighted by Crippen LogP contribution is 2.40. The fraction of sp³-hybridized carbons (Fsp3) is 0.200. The summed E-state index contributed by atoms with van der Waals surface area (Å²) in [6.07, 6.45) is 0. The van der Waals surface area contributed by atoms with Crippen LogP contribution in [0.2, 0.25) is 0 Å². The van der Waals surface area contributed by atoms with Gasteiger partial charge in [-0.15, -0.1) is 0 Å². The number of methoxy groups -OCH3 is 2. The summed E-state index contributed by atoms with van der Waals surface area (Å²) in [6.45, 7) is 4.46. The molecule has 0 aliphatic rings. The zero-order valence-corrected chi connectivity index (χ0v) is 16.7. The third-order valence-electron chi connectivity index (χ3n) is 5.13. The molecule has 141 valence electrons. The normalized spacial score (nSPS) is 11.2. The number of rotatable bonds is 5. The van der Waals surface area contributed by atoms with Crippen molar-refractivity contribution in [1.82, 2.24) is 4.98 Å². The number of H-pyrrole nitrogens is 1. The van der Waals surface area contributed by atoms with Crippen molar-refractivity contribution in [2.24, 2.45) is 0 Å². The van der Waals surface area contributed by atoms with Gasteiger partial charge >= 0.3 is 0 Å². The number of ether oxygens (including phenoxy) is 2. The van der Waals surface area contributed by atoms with Crippen LogP contribution in [0, 0.1) is 6.07 Å². The second-order valence-corrected chi connectivity index (χ2v) is 7.19. The molecule has 0 aliphatic heterocycles. The van der Waals surface area contributed by atoms with Crippen LogP contribution in [0.25, 0.3) is 33.3 Å². The van der Waals surface area contributed by atoms with E-state index in [2.05, 4.69) is 55.2 Å². The number of hydrogen-bond donors (Lipinski definition) is 1. The molecule has 1 heterocycles. The number of nitrogens with one attached hydrogen (secondary N) is 1. The lowest BCUT2D eigenvalue weighted by molar-refractivity contribution is 0.355. The topological polar surface area (TPSA) is 34.2 Å². The first-order valence-electron chi connectivity index (χ1n) is 9.47. The van der Waals surface area contributed by atoms with E-state index in [-0.39, 0.29) is 0 Å². The van der Waals surface area contributed by atoms with Gasteiger partial charge in [0.05, 0.1) is 19.9 Å². The van der Waals surface area contributed by atoms with Crippen molar-refractivity contribution < 1.29 is 9.47 Å². The van der Waals surface area contributed by atoms with Gasteiger partial charge in [-0.25, -0.2) is 0 Å². The Morgan fingerprint density at radius 1 is 0.857 bits per heavy atom. The lowest BCUT2D eigenvalue weighted by Crippen LogP contribution is -1.93. The van der Waals surface area contributed by atoms with Gasteiger partial charge < -0.3 is 14.5 Å². The summed E-state index contributed by atoms with van der Waals surface area (Å²) in [5.74, 6) is 1.83. The molecule has 4 rings (SSSR count). The fourth-order valence-electron chi connectivity index (χ4n) is 3.78. The number of aromatic amines is 1. The monoisotopic (exact) mass is 370 g/mol. The van der Waals surface area contributed by atoms with E-state index >= 15 is 0 Å². The van der Waals surface area contributed by atoms with Gasteiger partial charge in [-0.2, -0.15) is 0 Å². The molecule has 3 nitrogen and oxygen atoms in total. The predicted molar refractivity (Wildman–Crippen MR) is 115 cm³/mol. The van der Waals surface area contributed by atoms with E-state index in [1.165, 1.54) is 22.1 Å². The second-order valence-electron chi connectivity index (χ2n) is 7.19. The molecule has 0 fully saturated rings. The van der Waals surface area contributed by atoms with Gasteiger partial charge in [-0.1, -0.05) is 38.1 Å². The minimum atomic E-state index is 0.370. The van der Waals surface area contributed by atoms with E-state index in [0.717, 1.165) is 28.3 Å². The van der Waals surface area contributed by atoms with Crippen molar-refractivity contribution in [3.8, 4) is 33.9 Å². The van der Waals surface area contributed by atoms with Crippen LogP contribution >= 0.6 is 0 Å². The molecule has 28 heavy (non-hydrogen) atoms. The van der Waals surface area contributed by atoms with E-state index in [4.69, 9.17) is 9.47 Å². The Labute approximate surface area is 165 Å². The van der Waals surface area contributed by atoms with Crippen LogP contribution in [0.4, 0.5) is 0 Å². The highest BCUT2D eigenvalue weighted by molar-refractivity contribution is 5.94. The first kappa shape index (κ1) is 18.2. The summed E-state index contributed by atoms with van der Waals surface area (Å²) >= 11 is 0. The van der Waals surface area contributed by atoms with Crippen LogP contribution in [0.3, 0.4) is 0 Å². The van der Waals surface area contributed by atoms with Gasteiger partial charge in [-0.3, -0.25) is 0 Å². The van der Waals surface area contributed by atoms with E-state index in [1.54, 1.807) is 14.2 Å². The van der Waals surface area contributed by atoms with Crippen molar-refractivity contribution >= 4 is 10.9 Å². The average Bonchev–Trinajstić information content (AvgIpc) is 3.12. The Hall–Kier alpha value is -3.20. The van der Waals surface area contributed by atoms with Crippen molar-refractivity contribution in [1.29, 1.82) is 0 Å². The van der Waals surface area contributed by atoms with Gasteiger partial charge in [0.15, 0.2) is 11.5 Å². The van der Waals surface area contributed by atoms with Gasteiger partial charge in [0.1, 0.15) is 0 Å². The van der Waals surface area contributed by atoms with Gasteiger partial charge in [0, 0.05) is 16.5 Å². The summed E-state index contributed by atoms with van der Waals surface area (Å²) < 4.78 is 10.9. The molecule has 0 unspecified atom stereocenters. The molecular weight excluding hydrogens is 346 g/mol. The largest absolute Gasteiger partial charge is 0.493 e. The molecule has 0 bridgehead atoms. The molecule has 0 saturated heterocycles.